The van der Waals surface area contributed by atoms with Crippen LogP contribution in [0.4, 0.5) is 5.82 Å². The Morgan fingerprint density at radius 1 is 1.25 bits per heavy atom. The van der Waals surface area contributed by atoms with Crippen LogP contribution in [0.3, 0.4) is 0 Å². The Bertz CT molecular complexity index is 764. The number of nitrogens with one attached hydrogen (secondary N) is 2. The summed E-state index contributed by atoms with van der Waals surface area (Å²) in [6, 6.07) is 10.6. The molecule has 0 bridgehead atoms. The van der Waals surface area contributed by atoms with Gasteiger partial charge in [0.05, 0.1) is 0 Å². The summed E-state index contributed by atoms with van der Waals surface area (Å²) < 4.78 is 1.74. The monoisotopic (exact) mass is 387 g/mol. The molecule has 28 heavy (non-hydrogen) atoms. The maximum atomic E-state index is 12.6. The molecule has 2 aromatic rings. The molecule has 0 atom stereocenters. The third-order valence-corrected chi connectivity index (χ3v) is 4.98. The SMILES string of the molecule is CNC(=O)C1(Nc2ccn(C)n2)CCN(Cc2ccc(C)cc2)CC1.O=CO. The second kappa shape index (κ2) is 9.89. The average molecular weight is 387 g/mol. The van der Waals surface area contributed by atoms with Gasteiger partial charge in [0, 0.05) is 46.0 Å². The van der Waals surface area contributed by atoms with Crippen molar-refractivity contribution in [1.29, 1.82) is 0 Å². The van der Waals surface area contributed by atoms with Crippen LogP contribution in [0.15, 0.2) is 36.5 Å². The summed E-state index contributed by atoms with van der Waals surface area (Å²) >= 11 is 0. The molecule has 1 aromatic carbocycles. The van der Waals surface area contributed by atoms with E-state index in [1.807, 2.05) is 19.3 Å². The molecule has 0 spiro atoms. The highest BCUT2D eigenvalue weighted by molar-refractivity contribution is 5.89. The molecule has 2 heterocycles. The van der Waals surface area contributed by atoms with Crippen molar-refractivity contribution in [2.45, 2.75) is 31.8 Å². The highest BCUT2D eigenvalue weighted by atomic mass is 16.3. The molecule has 1 amide bonds. The van der Waals surface area contributed by atoms with Crippen LogP contribution in [-0.2, 0) is 23.2 Å². The third-order valence-electron chi connectivity index (χ3n) is 4.98. The summed E-state index contributed by atoms with van der Waals surface area (Å²) in [4.78, 5) is 23.3. The first-order valence-electron chi connectivity index (χ1n) is 9.28. The van der Waals surface area contributed by atoms with E-state index in [2.05, 4.69) is 51.8 Å². The van der Waals surface area contributed by atoms with E-state index in [1.165, 1.54) is 11.1 Å². The number of aromatic nitrogens is 2. The van der Waals surface area contributed by atoms with E-state index in [-0.39, 0.29) is 12.4 Å². The van der Waals surface area contributed by atoms with Gasteiger partial charge in [0.15, 0.2) is 0 Å². The van der Waals surface area contributed by atoms with Gasteiger partial charge in [-0.1, -0.05) is 29.8 Å². The van der Waals surface area contributed by atoms with Crippen molar-refractivity contribution in [3.05, 3.63) is 47.7 Å². The van der Waals surface area contributed by atoms with E-state index in [9.17, 15) is 4.79 Å². The number of carbonyl (C=O) groups is 2. The van der Waals surface area contributed by atoms with Crippen LogP contribution in [0.5, 0.6) is 0 Å². The van der Waals surface area contributed by atoms with Crippen LogP contribution >= 0.6 is 0 Å². The molecule has 1 fully saturated rings. The molecular formula is C20H29N5O3. The molecule has 0 unspecified atom stereocenters. The van der Waals surface area contributed by atoms with Crippen LogP contribution in [0.2, 0.25) is 0 Å². The Balaban J connectivity index is 0.000000878. The fraction of sp³-hybridized carbons (Fsp3) is 0.450. The normalized spacial score (nSPS) is 15.8. The molecule has 3 rings (SSSR count). The maximum absolute atomic E-state index is 12.6. The molecule has 1 saturated heterocycles. The summed E-state index contributed by atoms with van der Waals surface area (Å²) in [5.74, 6) is 0.784. The molecule has 0 aliphatic carbocycles. The molecule has 1 aliphatic rings. The number of carbonyl (C=O) groups excluding carboxylic acids is 1. The summed E-state index contributed by atoms with van der Waals surface area (Å²) in [5.41, 5.74) is 2.00. The summed E-state index contributed by atoms with van der Waals surface area (Å²) in [6.07, 6.45) is 3.40. The minimum absolute atomic E-state index is 0.0353. The number of hydrogen-bond donors (Lipinski definition) is 3. The van der Waals surface area contributed by atoms with Crippen LogP contribution in [0.25, 0.3) is 0 Å². The van der Waals surface area contributed by atoms with Crippen molar-refractivity contribution >= 4 is 18.2 Å². The van der Waals surface area contributed by atoms with Gasteiger partial charge in [-0.2, -0.15) is 5.10 Å². The Morgan fingerprint density at radius 2 is 1.86 bits per heavy atom. The first-order chi connectivity index (χ1) is 13.4. The van der Waals surface area contributed by atoms with Gasteiger partial charge >= 0.3 is 0 Å². The highest BCUT2D eigenvalue weighted by Crippen LogP contribution is 2.27. The van der Waals surface area contributed by atoms with E-state index >= 15 is 0 Å². The fourth-order valence-electron chi connectivity index (χ4n) is 3.42. The molecule has 152 valence electrons. The zero-order valence-corrected chi connectivity index (χ0v) is 16.7. The molecule has 1 aromatic heterocycles. The fourth-order valence-corrected chi connectivity index (χ4v) is 3.42. The van der Waals surface area contributed by atoms with Crippen molar-refractivity contribution in [3.8, 4) is 0 Å². The number of carboxylic acid groups (broad SMARTS) is 1. The lowest BCUT2D eigenvalue weighted by atomic mass is 9.86. The molecular weight excluding hydrogens is 358 g/mol. The van der Waals surface area contributed by atoms with Gasteiger partial charge in [0.25, 0.3) is 6.47 Å². The Morgan fingerprint density at radius 3 is 2.36 bits per heavy atom. The number of rotatable bonds is 5. The second-order valence-corrected chi connectivity index (χ2v) is 7.03. The quantitative estimate of drug-likeness (QED) is 0.675. The standard InChI is InChI=1S/C19H27N5O.CH2O2/c1-15-4-6-16(7-5-15)14-24-12-9-19(10-13-24,18(25)20-2)21-17-8-11-23(3)22-17;2-1-3/h4-8,11H,9-10,12-14H2,1-3H3,(H,20,25)(H,21,22);1H,(H,2,3). The Labute approximate surface area is 165 Å². The van der Waals surface area contributed by atoms with Gasteiger partial charge in [0.2, 0.25) is 5.91 Å². The van der Waals surface area contributed by atoms with Crippen LogP contribution in [-0.4, -0.2) is 57.8 Å². The molecule has 1 aliphatic heterocycles. The van der Waals surface area contributed by atoms with Crippen molar-refractivity contribution < 1.29 is 14.7 Å². The number of likely N-dealkylation sites (tertiary alicyclic amines) is 1. The number of aryl methyl sites for hydroxylation is 2. The number of amides is 1. The van der Waals surface area contributed by atoms with Gasteiger partial charge in [-0.05, 0) is 25.3 Å². The van der Waals surface area contributed by atoms with Gasteiger partial charge in [-0.25, -0.2) is 0 Å². The number of hydrogen-bond acceptors (Lipinski definition) is 5. The van der Waals surface area contributed by atoms with E-state index in [0.717, 1.165) is 38.3 Å². The topological polar surface area (TPSA) is 99.5 Å². The van der Waals surface area contributed by atoms with Crippen LogP contribution in [0, 0.1) is 6.92 Å². The third kappa shape index (κ3) is 5.56. The predicted octanol–water partition coefficient (Wildman–Crippen LogP) is 1.62. The molecule has 0 radical (unpaired) electrons. The molecule has 3 N–H and O–H groups in total. The first kappa shape index (κ1) is 21.4. The Hall–Kier alpha value is -2.87. The molecule has 8 heteroatoms. The lowest BCUT2D eigenvalue weighted by Gasteiger charge is -2.41. The van der Waals surface area contributed by atoms with E-state index in [0.29, 0.717) is 0 Å². The first-order valence-corrected chi connectivity index (χ1v) is 9.28. The zero-order chi connectivity index (χ0) is 20.6. The van der Waals surface area contributed by atoms with Crippen molar-refractivity contribution in [3.63, 3.8) is 0 Å². The van der Waals surface area contributed by atoms with Crippen molar-refractivity contribution in [2.75, 3.05) is 25.5 Å². The van der Waals surface area contributed by atoms with Crippen LogP contribution in [0.1, 0.15) is 24.0 Å². The number of benzene rings is 1. The van der Waals surface area contributed by atoms with Gasteiger partial charge in [0.1, 0.15) is 11.4 Å². The zero-order valence-electron chi connectivity index (χ0n) is 16.7. The van der Waals surface area contributed by atoms with Gasteiger partial charge < -0.3 is 15.7 Å². The van der Waals surface area contributed by atoms with Gasteiger partial charge in [-0.3, -0.25) is 19.2 Å². The van der Waals surface area contributed by atoms with E-state index in [1.54, 1.807) is 11.7 Å². The minimum Gasteiger partial charge on any atom is -0.483 e. The number of piperidine rings is 1. The minimum atomic E-state index is -0.590. The second-order valence-electron chi connectivity index (χ2n) is 7.03. The number of likely N-dealkylation sites (N-methyl/N-ethyl adjacent to an activating group) is 1. The lowest BCUT2D eigenvalue weighted by Crippen LogP contribution is -2.57. The van der Waals surface area contributed by atoms with Crippen molar-refractivity contribution in [1.82, 2.24) is 20.0 Å². The maximum Gasteiger partial charge on any atom is 0.290 e. The van der Waals surface area contributed by atoms with E-state index in [4.69, 9.17) is 9.90 Å². The molecule has 0 saturated carbocycles. The number of nitrogens with zero attached hydrogens (tertiary/aromatic N) is 3. The largest absolute Gasteiger partial charge is 0.483 e. The Kier molecular flexibility index (Phi) is 7.57. The van der Waals surface area contributed by atoms with Gasteiger partial charge in [-0.15, -0.1) is 0 Å². The van der Waals surface area contributed by atoms with E-state index < -0.39 is 5.54 Å². The summed E-state index contributed by atoms with van der Waals surface area (Å²) in [7, 11) is 3.57. The highest BCUT2D eigenvalue weighted by Gasteiger charge is 2.41. The van der Waals surface area contributed by atoms with Crippen molar-refractivity contribution in [2.24, 2.45) is 7.05 Å². The smallest absolute Gasteiger partial charge is 0.290 e. The predicted molar refractivity (Wildman–Crippen MR) is 108 cm³/mol. The molecule has 8 nitrogen and oxygen atoms in total. The van der Waals surface area contributed by atoms with Crippen LogP contribution < -0.4 is 10.6 Å². The lowest BCUT2D eigenvalue weighted by molar-refractivity contribution is -0.126. The summed E-state index contributed by atoms with van der Waals surface area (Å²) in [5, 5.41) is 17.5. The number of anilines is 1. The summed E-state index contributed by atoms with van der Waals surface area (Å²) in [6.45, 7) is 4.53. The average Bonchev–Trinajstić information content (AvgIpc) is 3.09.